The van der Waals surface area contributed by atoms with Crippen LogP contribution in [0.2, 0.25) is 0 Å². The lowest BCUT2D eigenvalue weighted by Crippen LogP contribution is -2.38. The molecule has 3 rings (SSSR count). The van der Waals surface area contributed by atoms with Crippen LogP contribution in [0.1, 0.15) is 56.6 Å². The van der Waals surface area contributed by atoms with Gasteiger partial charge in [0.25, 0.3) is 0 Å². The van der Waals surface area contributed by atoms with Crippen LogP contribution in [0.5, 0.6) is 5.75 Å². The third-order valence-electron chi connectivity index (χ3n) is 5.37. The molecule has 0 amide bonds. The molecule has 1 aromatic carbocycles. The first-order valence-electron chi connectivity index (χ1n) is 10.8. The molecule has 0 unspecified atom stereocenters. The molecule has 0 bridgehead atoms. The van der Waals surface area contributed by atoms with E-state index in [-0.39, 0.29) is 0 Å². The van der Waals surface area contributed by atoms with Gasteiger partial charge in [0, 0.05) is 18.7 Å². The normalized spacial score (nSPS) is 18.1. The van der Waals surface area contributed by atoms with E-state index in [1.54, 1.807) is 0 Å². The van der Waals surface area contributed by atoms with Crippen LogP contribution in [0.25, 0.3) is 0 Å². The zero-order chi connectivity index (χ0) is 19.6. The molecule has 0 radical (unpaired) electrons. The van der Waals surface area contributed by atoms with Crippen molar-refractivity contribution in [1.29, 1.82) is 0 Å². The monoisotopic (exact) mass is 385 g/mol. The molecular weight excluding hydrogens is 350 g/mol. The van der Waals surface area contributed by atoms with E-state index in [2.05, 4.69) is 48.8 Å². The Balaban J connectivity index is 1.59. The van der Waals surface area contributed by atoms with E-state index in [0.29, 0.717) is 12.6 Å². The number of aliphatic imine (C=N–C) groups is 1. The number of aryl methyl sites for hydroxylation is 1. The second-order valence-electron chi connectivity index (χ2n) is 7.69. The van der Waals surface area contributed by atoms with E-state index in [1.807, 2.05) is 0 Å². The molecule has 1 saturated carbocycles. The third-order valence-corrected chi connectivity index (χ3v) is 5.37. The average molecular weight is 386 g/mol. The quantitative estimate of drug-likeness (QED) is 0.402. The number of benzene rings is 1. The van der Waals surface area contributed by atoms with Crippen LogP contribution >= 0.6 is 0 Å². The van der Waals surface area contributed by atoms with E-state index >= 15 is 0 Å². The van der Waals surface area contributed by atoms with Crippen molar-refractivity contribution in [2.75, 3.05) is 26.3 Å². The Morgan fingerprint density at radius 1 is 1.25 bits per heavy atom. The van der Waals surface area contributed by atoms with Gasteiger partial charge in [-0.2, -0.15) is 0 Å². The fraction of sp³-hybridized carbons (Fsp3) is 0.609. The fourth-order valence-electron chi connectivity index (χ4n) is 3.73. The van der Waals surface area contributed by atoms with Gasteiger partial charge in [0.2, 0.25) is 0 Å². The van der Waals surface area contributed by atoms with Crippen molar-refractivity contribution in [1.82, 2.24) is 10.6 Å². The Morgan fingerprint density at radius 3 is 2.86 bits per heavy atom. The highest BCUT2D eigenvalue weighted by molar-refractivity contribution is 5.79. The molecule has 0 atom stereocenters. The van der Waals surface area contributed by atoms with Gasteiger partial charge in [0.15, 0.2) is 5.96 Å². The second kappa shape index (κ2) is 11.1. The molecule has 28 heavy (non-hydrogen) atoms. The van der Waals surface area contributed by atoms with Crippen molar-refractivity contribution in [2.24, 2.45) is 4.99 Å². The first kappa shape index (κ1) is 20.7. The van der Waals surface area contributed by atoms with E-state index in [0.717, 1.165) is 56.4 Å². The summed E-state index contributed by atoms with van der Waals surface area (Å²) in [6, 6.07) is 6.45. The molecule has 0 spiro atoms. The van der Waals surface area contributed by atoms with Crippen LogP contribution < -0.4 is 15.4 Å². The molecule has 0 saturated heterocycles. The molecule has 1 heterocycles. The summed E-state index contributed by atoms with van der Waals surface area (Å²) >= 11 is 0. The summed E-state index contributed by atoms with van der Waals surface area (Å²) in [6.45, 7) is 8.16. The van der Waals surface area contributed by atoms with E-state index in [1.165, 1.54) is 36.8 Å². The zero-order valence-corrected chi connectivity index (χ0v) is 17.4. The van der Waals surface area contributed by atoms with Gasteiger partial charge in [0.05, 0.1) is 25.9 Å². The first-order chi connectivity index (χ1) is 13.7. The lowest BCUT2D eigenvalue weighted by molar-refractivity contribution is 0.153. The van der Waals surface area contributed by atoms with Crippen molar-refractivity contribution in [3.63, 3.8) is 0 Å². The average Bonchev–Trinajstić information content (AvgIpc) is 3.21. The number of ether oxygens (including phenoxy) is 2. The molecule has 1 aliphatic heterocycles. The summed E-state index contributed by atoms with van der Waals surface area (Å²) in [7, 11) is 0. The first-order valence-corrected chi connectivity index (χ1v) is 10.8. The van der Waals surface area contributed by atoms with Crippen LogP contribution in [0.3, 0.4) is 0 Å². The van der Waals surface area contributed by atoms with Crippen LogP contribution in [0, 0.1) is 6.92 Å². The summed E-state index contributed by atoms with van der Waals surface area (Å²) < 4.78 is 11.7. The molecule has 2 N–H and O–H groups in total. The molecule has 5 heteroatoms. The maximum Gasteiger partial charge on any atom is 0.191 e. The zero-order valence-electron chi connectivity index (χ0n) is 17.4. The lowest BCUT2D eigenvalue weighted by atomic mass is 10.1. The number of hydrogen-bond acceptors (Lipinski definition) is 3. The van der Waals surface area contributed by atoms with E-state index < -0.39 is 0 Å². The Bertz CT molecular complexity index is 678. The highest BCUT2D eigenvalue weighted by Gasteiger charge is 2.18. The maximum atomic E-state index is 6.31. The molecule has 0 aromatic heterocycles. The minimum absolute atomic E-state index is 0.364. The number of guanidine groups is 1. The molecule has 1 aromatic rings. The number of hydrogen-bond donors (Lipinski definition) is 2. The van der Waals surface area contributed by atoms with Crippen molar-refractivity contribution >= 4 is 5.96 Å². The van der Waals surface area contributed by atoms with Gasteiger partial charge in [-0.15, -0.1) is 0 Å². The molecule has 2 aliphatic rings. The predicted octanol–water partition coefficient (Wildman–Crippen LogP) is 4.11. The van der Waals surface area contributed by atoms with Gasteiger partial charge in [-0.3, -0.25) is 0 Å². The van der Waals surface area contributed by atoms with Crippen molar-refractivity contribution in [2.45, 2.75) is 65.0 Å². The smallest absolute Gasteiger partial charge is 0.191 e. The van der Waals surface area contributed by atoms with E-state index in [9.17, 15) is 0 Å². The lowest BCUT2D eigenvalue weighted by Gasteiger charge is -2.17. The van der Waals surface area contributed by atoms with Crippen molar-refractivity contribution in [3.8, 4) is 5.75 Å². The summed E-state index contributed by atoms with van der Waals surface area (Å²) in [5, 5.41) is 6.81. The van der Waals surface area contributed by atoms with Crippen LogP contribution in [-0.2, 0) is 11.3 Å². The van der Waals surface area contributed by atoms with Gasteiger partial charge in [0.1, 0.15) is 5.75 Å². The Kier molecular flexibility index (Phi) is 8.22. The van der Waals surface area contributed by atoms with Gasteiger partial charge in [-0.25, -0.2) is 4.99 Å². The summed E-state index contributed by atoms with van der Waals surface area (Å²) in [5.74, 6) is 1.86. The third kappa shape index (κ3) is 6.55. The van der Waals surface area contributed by atoms with Crippen molar-refractivity contribution < 1.29 is 9.47 Å². The minimum Gasteiger partial charge on any atom is -0.490 e. The highest BCUT2D eigenvalue weighted by Crippen LogP contribution is 2.28. The standard InChI is InChI=1S/C23H35N3O2/c1-3-24-23(25-13-10-19-11-14-27-15-12-19)26-17-20-9-8-18(2)16-22(20)28-21-6-4-5-7-21/h8-9,11,16,21H,3-7,10,12-15,17H2,1-2H3,(H2,24,25,26). The second-order valence-corrected chi connectivity index (χ2v) is 7.69. The summed E-state index contributed by atoms with van der Waals surface area (Å²) in [5.41, 5.74) is 3.86. The molecule has 1 aliphatic carbocycles. The van der Waals surface area contributed by atoms with Gasteiger partial charge in [-0.1, -0.05) is 23.8 Å². The van der Waals surface area contributed by atoms with Gasteiger partial charge in [-0.05, 0) is 64.0 Å². The highest BCUT2D eigenvalue weighted by atomic mass is 16.5. The van der Waals surface area contributed by atoms with E-state index in [4.69, 9.17) is 14.5 Å². The number of nitrogens with zero attached hydrogens (tertiary/aromatic N) is 1. The van der Waals surface area contributed by atoms with Gasteiger partial charge < -0.3 is 20.1 Å². The van der Waals surface area contributed by atoms with Crippen molar-refractivity contribution in [3.05, 3.63) is 41.0 Å². The van der Waals surface area contributed by atoms with Crippen LogP contribution in [0.4, 0.5) is 0 Å². The predicted molar refractivity (Wildman–Crippen MR) is 115 cm³/mol. The molecular formula is C23H35N3O2. The minimum atomic E-state index is 0.364. The molecule has 1 fully saturated rings. The number of rotatable bonds is 8. The molecule has 5 nitrogen and oxygen atoms in total. The molecule has 154 valence electrons. The summed E-state index contributed by atoms with van der Waals surface area (Å²) in [6.07, 6.45) is 9.54. The van der Waals surface area contributed by atoms with Crippen LogP contribution in [-0.4, -0.2) is 38.4 Å². The maximum absolute atomic E-state index is 6.31. The topological polar surface area (TPSA) is 54.9 Å². The number of nitrogens with one attached hydrogen (secondary N) is 2. The van der Waals surface area contributed by atoms with Gasteiger partial charge >= 0.3 is 0 Å². The Morgan fingerprint density at radius 2 is 2.11 bits per heavy atom. The van der Waals surface area contributed by atoms with Crippen LogP contribution in [0.15, 0.2) is 34.8 Å². The Labute approximate surface area is 169 Å². The largest absolute Gasteiger partial charge is 0.490 e. The summed E-state index contributed by atoms with van der Waals surface area (Å²) in [4.78, 5) is 4.80. The fourth-order valence-corrected chi connectivity index (χ4v) is 3.73. The Hall–Kier alpha value is -2.01. The SMILES string of the molecule is CCNC(=NCc1ccc(C)cc1OC1CCCC1)NCCC1=CCOCC1.